The van der Waals surface area contributed by atoms with Gasteiger partial charge in [0.2, 0.25) is 5.89 Å². The summed E-state index contributed by atoms with van der Waals surface area (Å²) in [5, 5.41) is 2.82. The highest BCUT2D eigenvalue weighted by Gasteiger charge is 2.19. The Kier molecular flexibility index (Phi) is 4.87. The van der Waals surface area contributed by atoms with Crippen molar-refractivity contribution in [2.75, 3.05) is 19.5 Å². The second-order valence-corrected chi connectivity index (χ2v) is 6.20. The standard InChI is InChI=1S/C22H17FN2O4/c1-27-18-7-4-8-19(28-2)20(18)21(26)24-15-9-10-17-16(12-15)25-22(29-17)13-5-3-6-14(23)11-13/h3-12H,1-2H3,(H,24,26). The maximum atomic E-state index is 13.5. The maximum absolute atomic E-state index is 13.5. The fourth-order valence-corrected chi connectivity index (χ4v) is 3.02. The minimum atomic E-state index is -0.382. The molecule has 7 heteroatoms. The highest BCUT2D eigenvalue weighted by atomic mass is 19.1. The number of carbonyl (C=O) groups is 1. The van der Waals surface area contributed by atoms with E-state index in [0.29, 0.717) is 39.7 Å². The molecule has 6 nitrogen and oxygen atoms in total. The summed E-state index contributed by atoms with van der Waals surface area (Å²) in [5.74, 6) is 0.348. The van der Waals surface area contributed by atoms with Crippen LogP contribution in [-0.2, 0) is 0 Å². The van der Waals surface area contributed by atoms with Crippen LogP contribution in [-0.4, -0.2) is 25.1 Å². The third-order valence-electron chi connectivity index (χ3n) is 4.37. The van der Waals surface area contributed by atoms with Crippen molar-refractivity contribution in [1.82, 2.24) is 4.98 Å². The number of ether oxygens (including phenoxy) is 2. The number of carbonyl (C=O) groups excluding carboxylic acids is 1. The second-order valence-electron chi connectivity index (χ2n) is 6.20. The van der Waals surface area contributed by atoms with Crippen LogP contribution in [0, 0.1) is 5.82 Å². The predicted octanol–water partition coefficient (Wildman–Crippen LogP) is 4.90. The summed E-state index contributed by atoms with van der Waals surface area (Å²) >= 11 is 0. The van der Waals surface area contributed by atoms with Gasteiger partial charge in [-0.15, -0.1) is 0 Å². The third-order valence-corrected chi connectivity index (χ3v) is 4.37. The van der Waals surface area contributed by atoms with E-state index < -0.39 is 0 Å². The van der Waals surface area contributed by atoms with Crippen LogP contribution in [0.2, 0.25) is 0 Å². The Morgan fingerprint density at radius 2 is 1.72 bits per heavy atom. The maximum Gasteiger partial charge on any atom is 0.263 e. The number of rotatable bonds is 5. The van der Waals surface area contributed by atoms with E-state index in [1.165, 1.54) is 26.4 Å². The summed E-state index contributed by atoms with van der Waals surface area (Å²) in [6.07, 6.45) is 0. The van der Waals surface area contributed by atoms with Gasteiger partial charge in [-0.25, -0.2) is 9.37 Å². The smallest absolute Gasteiger partial charge is 0.263 e. The summed E-state index contributed by atoms with van der Waals surface area (Å²) in [6, 6.07) is 16.2. The van der Waals surface area contributed by atoms with Crippen molar-refractivity contribution in [2.45, 2.75) is 0 Å². The van der Waals surface area contributed by atoms with E-state index in [1.54, 1.807) is 48.5 Å². The number of oxazole rings is 1. The van der Waals surface area contributed by atoms with E-state index in [4.69, 9.17) is 13.9 Å². The van der Waals surface area contributed by atoms with Gasteiger partial charge in [0, 0.05) is 11.3 Å². The Hall–Kier alpha value is -3.87. The second kappa shape index (κ2) is 7.63. The molecule has 1 amide bonds. The predicted molar refractivity (Wildman–Crippen MR) is 107 cm³/mol. The van der Waals surface area contributed by atoms with E-state index in [0.717, 1.165) is 0 Å². The van der Waals surface area contributed by atoms with Crippen LogP contribution in [0.4, 0.5) is 10.1 Å². The normalized spacial score (nSPS) is 10.7. The van der Waals surface area contributed by atoms with E-state index in [2.05, 4.69) is 10.3 Å². The van der Waals surface area contributed by atoms with Crippen molar-refractivity contribution < 1.29 is 23.1 Å². The number of halogens is 1. The highest BCUT2D eigenvalue weighted by molar-refractivity contribution is 6.08. The number of hydrogen-bond acceptors (Lipinski definition) is 5. The van der Waals surface area contributed by atoms with E-state index in [1.807, 2.05) is 0 Å². The van der Waals surface area contributed by atoms with Crippen LogP contribution < -0.4 is 14.8 Å². The van der Waals surface area contributed by atoms with E-state index >= 15 is 0 Å². The van der Waals surface area contributed by atoms with Gasteiger partial charge in [0.15, 0.2) is 5.58 Å². The van der Waals surface area contributed by atoms with Crippen molar-refractivity contribution >= 4 is 22.7 Å². The Morgan fingerprint density at radius 1 is 1.00 bits per heavy atom. The first-order chi connectivity index (χ1) is 14.1. The molecule has 0 fully saturated rings. The molecule has 1 heterocycles. The molecule has 146 valence electrons. The topological polar surface area (TPSA) is 73.6 Å². The molecule has 4 rings (SSSR count). The number of amides is 1. The van der Waals surface area contributed by atoms with Crippen LogP contribution in [0.1, 0.15) is 10.4 Å². The van der Waals surface area contributed by atoms with Gasteiger partial charge in [-0.1, -0.05) is 12.1 Å². The quantitative estimate of drug-likeness (QED) is 0.523. The molecule has 29 heavy (non-hydrogen) atoms. The molecule has 0 aliphatic carbocycles. The Balaban J connectivity index is 1.65. The van der Waals surface area contributed by atoms with Gasteiger partial charge in [0.25, 0.3) is 5.91 Å². The van der Waals surface area contributed by atoms with Gasteiger partial charge < -0.3 is 19.2 Å². The molecule has 4 aromatic rings. The van der Waals surface area contributed by atoms with E-state index in [-0.39, 0.29) is 17.3 Å². The molecule has 0 bridgehead atoms. The fourth-order valence-electron chi connectivity index (χ4n) is 3.02. The SMILES string of the molecule is COc1cccc(OC)c1C(=O)Nc1ccc2oc(-c3cccc(F)c3)nc2c1. The number of methoxy groups -OCH3 is 2. The van der Waals surface area contributed by atoms with Gasteiger partial charge in [0.1, 0.15) is 28.4 Å². The van der Waals surface area contributed by atoms with Crippen LogP contribution in [0.3, 0.4) is 0 Å². The zero-order chi connectivity index (χ0) is 20.4. The van der Waals surface area contributed by atoms with Gasteiger partial charge in [-0.05, 0) is 48.5 Å². The number of aromatic nitrogens is 1. The van der Waals surface area contributed by atoms with Gasteiger partial charge in [-0.2, -0.15) is 0 Å². The minimum absolute atomic E-state index is 0.290. The summed E-state index contributed by atoms with van der Waals surface area (Å²) in [7, 11) is 2.97. The lowest BCUT2D eigenvalue weighted by Crippen LogP contribution is -2.14. The Bertz CT molecular complexity index is 1180. The third kappa shape index (κ3) is 3.62. The molecule has 0 spiro atoms. The Labute approximate surface area is 165 Å². The number of fused-ring (bicyclic) bond motifs is 1. The molecule has 1 aromatic heterocycles. The molecular formula is C22H17FN2O4. The summed E-state index contributed by atoms with van der Waals surface area (Å²) in [6.45, 7) is 0. The summed E-state index contributed by atoms with van der Waals surface area (Å²) in [4.78, 5) is 17.2. The average molecular weight is 392 g/mol. The van der Waals surface area contributed by atoms with Crippen molar-refractivity contribution in [2.24, 2.45) is 0 Å². The molecule has 0 unspecified atom stereocenters. The van der Waals surface area contributed by atoms with Crippen LogP contribution >= 0.6 is 0 Å². The lowest BCUT2D eigenvalue weighted by Gasteiger charge is -2.12. The van der Waals surface area contributed by atoms with Crippen molar-refractivity contribution in [3.63, 3.8) is 0 Å². The first kappa shape index (κ1) is 18.5. The van der Waals surface area contributed by atoms with Gasteiger partial charge in [-0.3, -0.25) is 4.79 Å². The number of nitrogens with zero attached hydrogens (tertiary/aromatic N) is 1. The highest BCUT2D eigenvalue weighted by Crippen LogP contribution is 2.30. The van der Waals surface area contributed by atoms with Gasteiger partial charge >= 0.3 is 0 Å². The molecule has 0 aliphatic heterocycles. The van der Waals surface area contributed by atoms with Gasteiger partial charge in [0.05, 0.1) is 14.2 Å². The number of anilines is 1. The minimum Gasteiger partial charge on any atom is -0.496 e. The molecule has 3 aromatic carbocycles. The molecule has 0 atom stereocenters. The molecule has 0 saturated heterocycles. The first-order valence-electron chi connectivity index (χ1n) is 8.78. The van der Waals surface area contributed by atoms with Crippen molar-refractivity contribution in [3.8, 4) is 23.0 Å². The summed E-state index contributed by atoms with van der Waals surface area (Å²) < 4.78 is 29.7. The number of benzene rings is 3. The summed E-state index contributed by atoms with van der Waals surface area (Å²) in [5.41, 5.74) is 2.41. The fraction of sp³-hybridized carbons (Fsp3) is 0.0909. The average Bonchev–Trinajstić information content (AvgIpc) is 3.16. The number of hydrogen-bond donors (Lipinski definition) is 1. The zero-order valence-electron chi connectivity index (χ0n) is 15.7. The molecule has 0 aliphatic rings. The van der Waals surface area contributed by atoms with Crippen LogP contribution in [0.5, 0.6) is 11.5 Å². The van der Waals surface area contributed by atoms with Crippen molar-refractivity contribution in [1.29, 1.82) is 0 Å². The van der Waals surface area contributed by atoms with Crippen LogP contribution in [0.15, 0.2) is 65.1 Å². The largest absolute Gasteiger partial charge is 0.496 e. The molecule has 0 saturated carbocycles. The van der Waals surface area contributed by atoms with E-state index in [9.17, 15) is 9.18 Å². The first-order valence-corrected chi connectivity index (χ1v) is 8.78. The van der Waals surface area contributed by atoms with Crippen LogP contribution in [0.25, 0.3) is 22.6 Å². The monoisotopic (exact) mass is 392 g/mol. The number of nitrogens with one attached hydrogen (secondary N) is 1. The van der Waals surface area contributed by atoms with Crippen molar-refractivity contribution in [3.05, 3.63) is 72.0 Å². The molecule has 1 N–H and O–H groups in total. The lowest BCUT2D eigenvalue weighted by atomic mass is 10.1. The molecular weight excluding hydrogens is 375 g/mol. The molecule has 0 radical (unpaired) electrons. The zero-order valence-corrected chi connectivity index (χ0v) is 15.7. The lowest BCUT2D eigenvalue weighted by molar-refractivity contribution is 0.102. The Morgan fingerprint density at radius 3 is 2.41 bits per heavy atom.